The van der Waals surface area contributed by atoms with Crippen LogP contribution in [0.25, 0.3) is 0 Å². The van der Waals surface area contributed by atoms with E-state index in [2.05, 4.69) is 23.8 Å². The number of rotatable bonds is 5. The van der Waals surface area contributed by atoms with Crippen molar-refractivity contribution in [3.05, 3.63) is 0 Å². The van der Waals surface area contributed by atoms with E-state index in [1.54, 1.807) is 0 Å². The molecule has 0 saturated carbocycles. The Labute approximate surface area is 91.9 Å². The number of aliphatic carboxylic acids is 1. The molecule has 15 heavy (non-hydrogen) atoms. The minimum atomic E-state index is -0.697. The Kier molecular flexibility index (Phi) is 5.05. The molecule has 4 nitrogen and oxygen atoms in total. The van der Waals surface area contributed by atoms with Gasteiger partial charge in [0.15, 0.2) is 0 Å². The van der Waals surface area contributed by atoms with Crippen LogP contribution in [0.3, 0.4) is 0 Å². The van der Waals surface area contributed by atoms with Gasteiger partial charge in [-0.05, 0) is 33.0 Å². The van der Waals surface area contributed by atoms with E-state index in [1.807, 2.05) is 0 Å². The van der Waals surface area contributed by atoms with Crippen molar-refractivity contribution < 1.29 is 9.90 Å². The summed E-state index contributed by atoms with van der Waals surface area (Å²) in [6.07, 6.45) is 2.69. The van der Waals surface area contributed by atoms with Gasteiger partial charge >= 0.3 is 5.97 Å². The zero-order valence-electron chi connectivity index (χ0n) is 9.78. The summed E-state index contributed by atoms with van der Waals surface area (Å²) in [7, 11) is 2.14. The average molecular weight is 214 g/mol. The zero-order chi connectivity index (χ0) is 11.3. The maximum atomic E-state index is 10.5. The van der Waals surface area contributed by atoms with Crippen molar-refractivity contribution in [2.45, 2.75) is 32.2 Å². The summed E-state index contributed by atoms with van der Waals surface area (Å²) in [4.78, 5) is 15.2. The molecule has 1 unspecified atom stereocenters. The minimum Gasteiger partial charge on any atom is -0.481 e. The first-order valence-corrected chi connectivity index (χ1v) is 5.78. The standard InChI is InChI=1S/C11H22N2O2/c1-3-13(8-6-11(14)15)10-5-4-7-12(2)9-10/h10H,3-9H2,1-2H3,(H,14,15). The lowest BCUT2D eigenvalue weighted by molar-refractivity contribution is -0.137. The van der Waals surface area contributed by atoms with Crippen LogP contribution in [0.15, 0.2) is 0 Å². The number of carboxylic acid groups (broad SMARTS) is 1. The van der Waals surface area contributed by atoms with Crippen molar-refractivity contribution in [1.82, 2.24) is 9.80 Å². The lowest BCUT2D eigenvalue weighted by Gasteiger charge is -2.37. The number of hydrogen-bond donors (Lipinski definition) is 1. The van der Waals surface area contributed by atoms with Gasteiger partial charge in [-0.25, -0.2) is 0 Å². The topological polar surface area (TPSA) is 43.8 Å². The molecule has 1 heterocycles. The molecule has 1 aliphatic heterocycles. The molecule has 1 rings (SSSR count). The van der Waals surface area contributed by atoms with Crippen LogP contribution in [0.1, 0.15) is 26.2 Å². The first-order valence-electron chi connectivity index (χ1n) is 5.78. The smallest absolute Gasteiger partial charge is 0.304 e. The molecule has 1 atom stereocenters. The number of hydrogen-bond acceptors (Lipinski definition) is 3. The van der Waals surface area contributed by atoms with Crippen LogP contribution in [0.4, 0.5) is 0 Å². The van der Waals surface area contributed by atoms with Crippen molar-refractivity contribution in [3.8, 4) is 0 Å². The second-order valence-electron chi connectivity index (χ2n) is 4.33. The van der Waals surface area contributed by atoms with Gasteiger partial charge in [-0.2, -0.15) is 0 Å². The normalized spacial score (nSPS) is 23.3. The molecule has 1 aliphatic rings. The van der Waals surface area contributed by atoms with E-state index in [9.17, 15) is 4.79 Å². The summed E-state index contributed by atoms with van der Waals surface area (Å²) >= 11 is 0. The molecule has 0 aromatic heterocycles. The van der Waals surface area contributed by atoms with Crippen molar-refractivity contribution >= 4 is 5.97 Å². The van der Waals surface area contributed by atoms with E-state index < -0.39 is 5.97 Å². The van der Waals surface area contributed by atoms with Crippen LogP contribution >= 0.6 is 0 Å². The van der Waals surface area contributed by atoms with E-state index in [0.717, 1.165) is 13.1 Å². The zero-order valence-corrected chi connectivity index (χ0v) is 9.78. The summed E-state index contributed by atoms with van der Waals surface area (Å²) < 4.78 is 0. The maximum absolute atomic E-state index is 10.5. The Morgan fingerprint density at radius 1 is 1.60 bits per heavy atom. The van der Waals surface area contributed by atoms with Crippen molar-refractivity contribution in [2.75, 3.05) is 33.2 Å². The molecule has 88 valence electrons. The van der Waals surface area contributed by atoms with Gasteiger partial charge in [0.25, 0.3) is 0 Å². The van der Waals surface area contributed by atoms with Gasteiger partial charge in [-0.15, -0.1) is 0 Å². The molecule has 0 radical (unpaired) electrons. The highest BCUT2D eigenvalue weighted by Gasteiger charge is 2.22. The van der Waals surface area contributed by atoms with Gasteiger partial charge in [-0.1, -0.05) is 6.92 Å². The highest BCUT2D eigenvalue weighted by atomic mass is 16.4. The highest BCUT2D eigenvalue weighted by molar-refractivity contribution is 5.66. The molecule has 0 aliphatic carbocycles. The quantitative estimate of drug-likeness (QED) is 0.738. The van der Waals surface area contributed by atoms with E-state index in [-0.39, 0.29) is 6.42 Å². The van der Waals surface area contributed by atoms with E-state index in [4.69, 9.17) is 5.11 Å². The summed E-state index contributed by atoms with van der Waals surface area (Å²) in [5.74, 6) is -0.697. The SMILES string of the molecule is CCN(CCC(=O)O)C1CCCN(C)C1. The third-order valence-corrected chi connectivity index (χ3v) is 3.14. The molecule has 1 saturated heterocycles. The largest absolute Gasteiger partial charge is 0.481 e. The highest BCUT2D eigenvalue weighted by Crippen LogP contribution is 2.14. The van der Waals surface area contributed by atoms with Crippen LogP contribution < -0.4 is 0 Å². The van der Waals surface area contributed by atoms with Gasteiger partial charge in [0, 0.05) is 19.1 Å². The minimum absolute atomic E-state index is 0.258. The van der Waals surface area contributed by atoms with Gasteiger partial charge < -0.3 is 10.0 Å². The van der Waals surface area contributed by atoms with E-state index in [0.29, 0.717) is 12.6 Å². The van der Waals surface area contributed by atoms with Crippen molar-refractivity contribution in [3.63, 3.8) is 0 Å². The second kappa shape index (κ2) is 6.08. The molecule has 0 bridgehead atoms. The molecule has 4 heteroatoms. The van der Waals surface area contributed by atoms with Crippen LogP contribution in [-0.4, -0.2) is 60.1 Å². The summed E-state index contributed by atoms with van der Waals surface area (Å²) in [5.41, 5.74) is 0. The number of nitrogens with zero attached hydrogens (tertiary/aromatic N) is 2. The third kappa shape index (κ3) is 4.18. The van der Waals surface area contributed by atoms with E-state index in [1.165, 1.54) is 19.4 Å². The lowest BCUT2D eigenvalue weighted by atomic mass is 10.0. The number of piperidine rings is 1. The molecule has 0 spiro atoms. The third-order valence-electron chi connectivity index (χ3n) is 3.14. The molecule has 0 aromatic carbocycles. The Balaban J connectivity index is 2.38. The monoisotopic (exact) mass is 214 g/mol. The molecular weight excluding hydrogens is 192 g/mol. The van der Waals surface area contributed by atoms with Crippen LogP contribution in [0.5, 0.6) is 0 Å². The molecule has 0 amide bonds. The first kappa shape index (κ1) is 12.5. The fourth-order valence-corrected chi connectivity index (χ4v) is 2.28. The Hall–Kier alpha value is -0.610. The number of carbonyl (C=O) groups is 1. The first-order chi connectivity index (χ1) is 7.13. The van der Waals surface area contributed by atoms with Crippen LogP contribution in [0.2, 0.25) is 0 Å². The lowest BCUT2D eigenvalue weighted by Crippen LogP contribution is -2.47. The van der Waals surface area contributed by atoms with Crippen LogP contribution in [-0.2, 0) is 4.79 Å². The fourth-order valence-electron chi connectivity index (χ4n) is 2.28. The molecular formula is C11H22N2O2. The Morgan fingerprint density at radius 3 is 2.87 bits per heavy atom. The van der Waals surface area contributed by atoms with Gasteiger partial charge in [-0.3, -0.25) is 9.69 Å². The predicted octanol–water partition coefficient (Wildman–Crippen LogP) is 0.877. The Bertz CT molecular complexity index is 209. The van der Waals surface area contributed by atoms with Gasteiger partial charge in [0.2, 0.25) is 0 Å². The predicted molar refractivity (Wildman–Crippen MR) is 60.0 cm³/mol. The van der Waals surface area contributed by atoms with Gasteiger partial charge in [0.05, 0.1) is 6.42 Å². The fraction of sp³-hybridized carbons (Fsp3) is 0.909. The number of likely N-dealkylation sites (tertiary alicyclic amines) is 1. The van der Waals surface area contributed by atoms with Crippen molar-refractivity contribution in [1.29, 1.82) is 0 Å². The van der Waals surface area contributed by atoms with Gasteiger partial charge in [0.1, 0.15) is 0 Å². The maximum Gasteiger partial charge on any atom is 0.304 e. The van der Waals surface area contributed by atoms with E-state index >= 15 is 0 Å². The molecule has 0 aromatic rings. The summed E-state index contributed by atoms with van der Waals surface area (Å²) in [6, 6.07) is 0.549. The number of likely N-dealkylation sites (N-methyl/N-ethyl adjacent to an activating group) is 2. The Morgan fingerprint density at radius 2 is 2.33 bits per heavy atom. The molecule has 1 fully saturated rings. The van der Waals surface area contributed by atoms with Crippen molar-refractivity contribution in [2.24, 2.45) is 0 Å². The summed E-state index contributed by atoms with van der Waals surface area (Å²) in [5, 5.41) is 8.67. The molecule has 1 N–H and O–H groups in total. The second-order valence-corrected chi connectivity index (χ2v) is 4.33. The van der Waals surface area contributed by atoms with Crippen LogP contribution in [0, 0.1) is 0 Å². The summed E-state index contributed by atoms with van der Waals surface area (Å²) in [6.45, 7) is 5.99. The number of carboxylic acids is 1. The average Bonchev–Trinajstić information content (AvgIpc) is 2.18.